The minimum absolute atomic E-state index is 0.147. The summed E-state index contributed by atoms with van der Waals surface area (Å²) in [7, 11) is 1.84. The quantitative estimate of drug-likeness (QED) is 0.570. The Morgan fingerprint density at radius 3 is 2.64 bits per heavy atom. The van der Waals surface area contributed by atoms with Gasteiger partial charge in [-0.25, -0.2) is 9.97 Å². The fraction of sp³-hybridized carbons (Fsp3) is 0.333. The summed E-state index contributed by atoms with van der Waals surface area (Å²) in [6, 6.07) is 9.46. The number of aromatic amines is 1. The first-order chi connectivity index (χ1) is 13.3. The van der Waals surface area contributed by atoms with Crippen LogP contribution in [0.5, 0.6) is 0 Å². The maximum atomic E-state index is 13.3. The van der Waals surface area contributed by atoms with E-state index < -0.39 is 0 Å². The van der Waals surface area contributed by atoms with Crippen LogP contribution in [0.1, 0.15) is 47.5 Å². The molecule has 0 saturated carbocycles. The second-order valence-corrected chi connectivity index (χ2v) is 7.55. The van der Waals surface area contributed by atoms with Gasteiger partial charge in [0.05, 0.1) is 33.7 Å². The molecule has 4 rings (SSSR count). The largest absolute Gasteiger partial charge is 0.342 e. The van der Waals surface area contributed by atoms with Crippen molar-refractivity contribution in [3.63, 3.8) is 0 Å². The molecule has 0 spiro atoms. The fourth-order valence-corrected chi connectivity index (χ4v) is 3.64. The first-order valence-electron chi connectivity index (χ1n) is 9.41. The van der Waals surface area contributed by atoms with E-state index in [1.165, 1.54) is 0 Å². The number of para-hydroxylation sites is 2. The molecule has 0 aliphatic rings. The third-order valence-corrected chi connectivity index (χ3v) is 5.00. The first-order valence-corrected chi connectivity index (χ1v) is 9.41. The van der Waals surface area contributed by atoms with Crippen LogP contribution in [0.2, 0.25) is 0 Å². The summed E-state index contributed by atoms with van der Waals surface area (Å²) in [6.45, 7) is 7.93. The van der Waals surface area contributed by atoms with Crippen molar-refractivity contribution in [2.24, 2.45) is 13.0 Å². The first kappa shape index (κ1) is 18.2. The van der Waals surface area contributed by atoms with Gasteiger partial charge in [-0.05, 0) is 38.0 Å². The second kappa shape index (κ2) is 6.74. The van der Waals surface area contributed by atoms with Crippen molar-refractivity contribution in [1.29, 1.82) is 0 Å². The smallest absolute Gasteiger partial charge is 0.252 e. The van der Waals surface area contributed by atoms with Crippen LogP contribution in [0.3, 0.4) is 0 Å². The maximum absolute atomic E-state index is 13.3. The van der Waals surface area contributed by atoms with E-state index in [4.69, 9.17) is 0 Å². The molecule has 144 valence electrons. The molecule has 0 aliphatic heterocycles. The summed E-state index contributed by atoms with van der Waals surface area (Å²) in [5.41, 5.74) is 4.73. The summed E-state index contributed by atoms with van der Waals surface area (Å²) in [4.78, 5) is 25.8. The number of fused-ring (bicyclic) bond motifs is 2. The van der Waals surface area contributed by atoms with E-state index in [0.717, 1.165) is 33.6 Å². The van der Waals surface area contributed by atoms with Gasteiger partial charge >= 0.3 is 0 Å². The highest BCUT2D eigenvalue weighted by Gasteiger charge is 2.25. The summed E-state index contributed by atoms with van der Waals surface area (Å²) in [6.07, 6.45) is 0. The average molecular weight is 376 g/mol. The van der Waals surface area contributed by atoms with Crippen LogP contribution in [0.4, 0.5) is 0 Å². The Hall–Kier alpha value is -3.22. The van der Waals surface area contributed by atoms with Gasteiger partial charge in [-0.15, -0.1) is 0 Å². The Kier molecular flexibility index (Phi) is 4.37. The minimum Gasteiger partial charge on any atom is -0.342 e. The number of rotatable bonds is 4. The van der Waals surface area contributed by atoms with E-state index in [-0.39, 0.29) is 17.9 Å². The van der Waals surface area contributed by atoms with Crippen molar-refractivity contribution in [2.45, 2.75) is 33.7 Å². The van der Waals surface area contributed by atoms with Crippen LogP contribution in [0.15, 0.2) is 30.3 Å². The van der Waals surface area contributed by atoms with Gasteiger partial charge in [0.25, 0.3) is 5.91 Å². The Morgan fingerprint density at radius 1 is 1.18 bits per heavy atom. The molecule has 3 aromatic heterocycles. The molecule has 0 saturated heterocycles. The highest BCUT2D eigenvalue weighted by Crippen LogP contribution is 2.25. The van der Waals surface area contributed by atoms with Gasteiger partial charge < -0.3 is 10.3 Å². The number of hydrogen-bond donors (Lipinski definition) is 2. The number of imidazole rings is 1. The van der Waals surface area contributed by atoms with E-state index in [1.54, 1.807) is 4.68 Å². The van der Waals surface area contributed by atoms with Crippen LogP contribution in [-0.4, -0.2) is 30.6 Å². The van der Waals surface area contributed by atoms with E-state index in [0.29, 0.717) is 11.2 Å². The van der Waals surface area contributed by atoms with Crippen molar-refractivity contribution in [3.05, 3.63) is 53.1 Å². The molecule has 0 radical (unpaired) electrons. The van der Waals surface area contributed by atoms with Gasteiger partial charge in [0.15, 0.2) is 5.65 Å². The monoisotopic (exact) mass is 376 g/mol. The van der Waals surface area contributed by atoms with Crippen molar-refractivity contribution in [2.75, 3.05) is 0 Å². The van der Waals surface area contributed by atoms with Gasteiger partial charge in [-0.3, -0.25) is 9.48 Å². The molecular weight excluding hydrogens is 352 g/mol. The van der Waals surface area contributed by atoms with E-state index in [1.807, 2.05) is 51.2 Å². The van der Waals surface area contributed by atoms with Gasteiger partial charge in [0, 0.05) is 12.7 Å². The molecule has 0 aliphatic carbocycles. The lowest BCUT2D eigenvalue weighted by atomic mass is 10.0. The number of carbonyl (C=O) groups is 1. The number of nitrogens with zero attached hydrogens (tertiary/aromatic N) is 4. The SMILES string of the molecule is Cc1cc(C(=O)N[C@@H](c2nc3ccccc3[nH]2)C(C)C)c2c(C)nn(C)c2n1. The average Bonchev–Trinajstić information content (AvgIpc) is 3.19. The third kappa shape index (κ3) is 3.02. The van der Waals surface area contributed by atoms with Crippen LogP contribution in [0.25, 0.3) is 22.1 Å². The summed E-state index contributed by atoms with van der Waals surface area (Å²) in [5, 5.41) is 8.39. The zero-order valence-corrected chi connectivity index (χ0v) is 16.7. The molecular formula is C21H24N6O. The molecule has 0 bridgehead atoms. The molecule has 0 unspecified atom stereocenters. The third-order valence-electron chi connectivity index (χ3n) is 5.00. The lowest BCUT2D eigenvalue weighted by molar-refractivity contribution is 0.0925. The van der Waals surface area contributed by atoms with Crippen molar-refractivity contribution in [3.8, 4) is 0 Å². The van der Waals surface area contributed by atoms with Crippen LogP contribution in [-0.2, 0) is 7.05 Å². The Morgan fingerprint density at radius 2 is 1.93 bits per heavy atom. The zero-order chi connectivity index (χ0) is 20.0. The van der Waals surface area contributed by atoms with Crippen molar-refractivity contribution >= 4 is 28.0 Å². The number of aryl methyl sites for hydroxylation is 3. The Labute approximate surface area is 163 Å². The summed E-state index contributed by atoms with van der Waals surface area (Å²) < 4.78 is 1.72. The fourth-order valence-electron chi connectivity index (χ4n) is 3.64. The molecule has 4 aromatic rings. The predicted octanol–water partition coefficient (Wildman–Crippen LogP) is 3.59. The second-order valence-electron chi connectivity index (χ2n) is 7.55. The van der Waals surface area contributed by atoms with Gasteiger partial charge in [0.2, 0.25) is 0 Å². The van der Waals surface area contributed by atoms with E-state index in [9.17, 15) is 4.79 Å². The molecule has 1 amide bonds. The number of pyridine rings is 1. The van der Waals surface area contributed by atoms with Gasteiger partial charge in [-0.2, -0.15) is 5.10 Å². The standard InChI is InChI=1S/C21H24N6O/c1-11(2)18(19-23-15-8-6-7-9-16(15)24-19)25-21(28)14-10-12(3)22-20-17(14)13(4)26-27(20)5/h6-11,18H,1-5H3,(H,23,24)(H,25,28)/t18-/m1/s1. The Balaban J connectivity index is 1.74. The number of benzene rings is 1. The molecule has 1 aromatic carbocycles. The van der Waals surface area contributed by atoms with Crippen LogP contribution >= 0.6 is 0 Å². The molecule has 3 heterocycles. The summed E-state index contributed by atoms with van der Waals surface area (Å²) in [5.74, 6) is 0.776. The number of carbonyl (C=O) groups excluding carboxylic acids is 1. The molecule has 7 nitrogen and oxygen atoms in total. The highest BCUT2D eigenvalue weighted by molar-refractivity contribution is 6.06. The van der Waals surface area contributed by atoms with Crippen molar-refractivity contribution < 1.29 is 4.79 Å². The number of H-pyrrole nitrogens is 1. The lowest BCUT2D eigenvalue weighted by Crippen LogP contribution is -2.32. The number of hydrogen-bond acceptors (Lipinski definition) is 4. The molecule has 2 N–H and O–H groups in total. The molecule has 7 heteroatoms. The topological polar surface area (TPSA) is 88.5 Å². The zero-order valence-electron chi connectivity index (χ0n) is 16.7. The van der Waals surface area contributed by atoms with Crippen LogP contribution in [0, 0.1) is 19.8 Å². The maximum Gasteiger partial charge on any atom is 0.252 e. The summed E-state index contributed by atoms with van der Waals surface area (Å²) >= 11 is 0. The number of nitrogens with one attached hydrogen (secondary N) is 2. The van der Waals surface area contributed by atoms with E-state index in [2.05, 4.69) is 39.2 Å². The molecule has 1 atom stereocenters. The van der Waals surface area contributed by atoms with E-state index >= 15 is 0 Å². The van der Waals surface area contributed by atoms with Crippen molar-refractivity contribution in [1.82, 2.24) is 30.0 Å². The predicted molar refractivity (Wildman–Crippen MR) is 109 cm³/mol. The molecule has 0 fully saturated rings. The minimum atomic E-state index is -0.236. The number of aromatic nitrogens is 5. The highest BCUT2D eigenvalue weighted by atomic mass is 16.1. The van der Waals surface area contributed by atoms with Crippen LogP contribution < -0.4 is 5.32 Å². The van der Waals surface area contributed by atoms with Gasteiger partial charge in [0.1, 0.15) is 5.82 Å². The molecule has 28 heavy (non-hydrogen) atoms. The lowest BCUT2D eigenvalue weighted by Gasteiger charge is -2.20. The number of amides is 1. The van der Waals surface area contributed by atoms with Gasteiger partial charge in [-0.1, -0.05) is 26.0 Å². The normalized spacial score (nSPS) is 12.8. The Bertz CT molecular complexity index is 1150.